The summed E-state index contributed by atoms with van der Waals surface area (Å²) in [6.07, 6.45) is 4.01. The molecule has 0 aliphatic rings. The molecule has 0 bridgehead atoms. The van der Waals surface area contributed by atoms with E-state index in [0.717, 1.165) is 23.3 Å². The number of ether oxygens (including phenoxy) is 1. The van der Waals surface area contributed by atoms with Crippen molar-refractivity contribution >= 4 is 17.9 Å². The van der Waals surface area contributed by atoms with Gasteiger partial charge in [0.25, 0.3) is 5.91 Å². The molecule has 5 heteroatoms. The van der Waals surface area contributed by atoms with Gasteiger partial charge in [0.1, 0.15) is 5.75 Å². The van der Waals surface area contributed by atoms with Gasteiger partial charge in [0, 0.05) is 18.7 Å². The van der Waals surface area contributed by atoms with Gasteiger partial charge in [-0.2, -0.15) is 0 Å². The minimum atomic E-state index is -0.164. The topological polar surface area (TPSA) is 67.4 Å². The lowest BCUT2D eigenvalue weighted by Gasteiger charge is -2.16. The van der Waals surface area contributed by atoms with Crippen molar-refractivity contribution in [2.75, 3.05) is 14.2 Å². The van der Waals surface area contributed by atoms with Crippen LogP contribution in [0.4, 0.5) is 0 Å². The minimum absolute atomic E-state index is 0.0614. The highest BCUT2D eigenvalue weighted by Gasteiger charge is 2.11. The maximum Gasteiger partial charge on any atom is 0.251 e. The second-order valence-corrected chi connectivity index (χ2v) is 5.78. The zero-order valence-corrected chi connectivity index (χ0v) is 15.3. The van der Waals surface area contributed by atoms with Crippen molar-refractivity contribution in [3.8, 4) is 5.75 Å². The summed E-state index contributed by atoms with van der Waals surface area (Å²) in [5.74, 6) is 0.488. The predicted molar refractivity (Wildman–Crippen MR) is 103 cm³/mol. The van der Waals surface area contributed by atoms with Crippen LogP contribution in [0.3, 0.4) is 0 Å². The van der Waals surface area contributed by atoms with Crippen molar-refractivity contribution in [3.05, 3.63) is 71.3 Å². The molecule has 0 spiro atoms. The molecule has 0 radical (unpaired) electrons. The van der Waals surface area contributed by atoms with Crippen molar-refractivity contribution < 1.29 is 14.3 Å². The summed E-state index contributed by atoms with van der Waals surface area (Å²) in [5.41, 5.74) is 2.47. The van der Waals surface area contributed by atoms with E-state index in [0.29, 0.717) is 5.56 Å². The molecule has 2 amide bonds. The first-order valence-corrected chi connectivity index (χ1v) is 8.52. The summed E-state index contributed by atoms with van der Waals surface area (Å²) in [4.78, 5) is 23.7. The van der Waals surface area contributed by atoms with Gasteiger partial charge < -0.3 is 15.4 Å². The van der Waals surface area contributed by atoms with Crippen molar-refractivity contribution in [2.24, 2.45) is 0 Å². The van der Waals surface area contributed by atoms with Gasteiger partial charge in [-0.05, 0) is 47.9 Å². The largest absolute Gasteiger partial charge is 0.497 e. The van der Waals surface area contributed by atoms with E-state index < -0.39 is 0 Å². The maximum atomic E-state index is 12.2. The summed E-state index contributed by atoms with van der Waals surface area (Å²) in [6.45, 7) is 2.02. The lowest BCUT2D eigenvalue weighted by Crippen LogP contribution is -2.26. The normalized spacial score (nSPS) is 11.8. The fourth-order valence-electron chi connectivity index (χ4n) is 2.54. The Bertz CT molecular complexity index is 765. The van der Waals surface area contributed by atoms with Gasteiger partial charge in [0.15, 0.2) is 0 Å². The van der Waals surface area contributed by atoms with Crippen molar-refractivity contribution in [1.82, 2.24) is 10.6 Å². The molecule has 2 N–H and O–H groups in total. The Hall–Kier alpha value is -3.08. The summed E-state index contributed by atoms with van der Waals surface area (Å²) >= 11 is 0. The molecule has 1 atom stereocenters. The average molecular weight is 352 g/mol. The van der Waals surface area contributed by atoms with Crippen LogP contribution in [0, 0.1) is 0 Å². The molecule has 2 aromatic carbocycles. The molecule has 0 fully saturated rings. The number of methoxy groups -OCH3 is 1. The lowest BCUT2D eigenvalue weighted by molar-refractivity contribution is -0.117. The first kappa shape index (κ1) is 19.2. The van der Waals surface area contributed by atoms with Gasteiger partial charge in [-0.1, -0.05) is 31.2 Å². The van der Waals surface area contributed by atoms with Gasteiger partial charge in [-0.3, -0.25) is 9.59 Å². The summed E-state index contributed by atoms with van der Waals surface area (Å²) in [6, 6.07) is 14.7. The zero-order chi connectivity index (χ0) is 18.9. The van der Waals surface area contributed by atoms with Gasteiger partial charge in [0.2, 0.25) is 5.91 Å². The van der Waals surface area contributed by atoms with Crippen LogP contribution in [-0.2, 0) is 4.79 Å². The van der Waals surface area contributed by atoms with Crippen LogP contribution in [0.1, 0.15) is 40.9 Å². The number of carbonyl (C=O) groups is 2. The number of nitrogens with one attached hydrogen (secondary N) is 2. The molecule has 0 saturated heterocycles. The number of hydrogen-bond acceptors (Lipinski definition) is 3. The van der Waals surface area contributed by atoms with E-state index in [9.17, 15) is 9.59 Å². The number of amides is 2. The van der Waals surface area contributed by atoms with E-state index in [-0.39, 0.29) is 17.9 Å². The van der Waals surface area contributed by atoms with Gasteiger partial charge >= 0.3 is 0 Å². The average Bonchev–Trinajstić information content (AvgIpc) is 2.70. The predicted octanol–water partition coefficient (Wildman–Crippen LogP) is 3.34. The maximum absolute atomic E-state index is 12.2. The summed E-state index contributed by atoms with van der Waals surface area (Å²) < 4.78 is 5.16. The Kier molecular flexibility index (Phi) is 6.97. The van der Waals surface area contributed by atoms with Crippen LogP contribution in [0.2, 0.25) is 0 Å². The molecule has 136 valence electrons. The smallest absolute Gasteiger partial charge is 0.251 e. The summed E-state index contributed by atoms with van der Waals surface area (Å²) in [7, 11) is 3.22. The molecule has 0 saturated carbocycles. The summed E-state index contributed by atoms with van der Waals surface area (Å²) in [5, 5.41) is 5.57. The van der Waals surface area contributed by atoms with Crippen LogP contribution in [-0.4, -0.2) is 26.0 Å². The molecule has 0 aliphatic heterocycles. The van der Waals surface area contributed by atoms with Crippen molar-refractivity contribution in [1.29, 1.82) is 0 Å². The molecular formula is C21H24N2O3. The van der Waals surface area contributed by atoms with Gasteiger partial charge in [-0.15, -0.1) is 0 Å². The van der Waals surface area contributed by atoms with Crippen LogP contribution >= 0.6 is 0 Å². The highest BCUT2D eigenvalue weighted by Crippen LogP contribution is 2.20. The highest BCUT2D eigenvalue weighted by molar-refractivity contribution is 5.94. The molecule has 5 nitrogen and oxygen atoms in total. The van der Waals surface area contributed by atoms with E-state index in [1.807, 2.05) is 31.2 Å². The molecule has 2 rings (SSSR count). The zero-order valence-electron chi connectivity index (χ0n) is 15.3. The Morgan fingerprint density at radius 3 is 2.27 bits per heavy atom. The fourth-order valence-corrected chi connectivity index (χ4v) is 2.54. The van der Waals surface area contributed by atoms with Crippen LogP contribution in [0.15, 0.2) is 54.6 Å². The number of carbonyl (C=O) groups excluding carboxylic acids is 2. The van der Waals surface area contributed by atoms with Crippen molar-refractivity contribution in [2.45, 2.75) is 19.4 Å². The number of rotatable bonds is 7. The van der Waals surface area contributed by atoms with Gasteiger partial charge in [0.05, 0.1) is 13.2 Å². The van der Waals surface area contributed by atoms with Crippen LogP contribution in [0.25, 0.3) is 6.08 Å². The molecule has 0 heterocycles. The van der Waals surface area contributed by atoms with E-state index in [1.54, 1.807) is 44.5 Å². The first-order chi connectivity index (χ1) is 12.6. The Morgan fingerprint density at radius 1 is 1.08 bits per heavy atom. The molecule has 1 unspecified atom stereocenters. The Labute approximate surface area is 154 Å². The van der Waals surface area contributed by atoms with E-state index >= 15 is 0 Å². The minimum Gasteiger partial charge on any atom is -0.497 e. The lowest BCUT2D eigenvalue weighted by atomic mass is 10.0. The second-order valence-electron chi connectivity index (χ2n) is 5.78. The van der Waals surface area contributed by atoms with E-state index in [2.05, 4.69) is 10.6 Å². The third kappa shape index (κ3) is 5.21. The molecule has 0 aliphatic carbocycles. The number of benzene rings is 2. The van der Waals surface area contributed by atoms with E-state index in [1.165, 1.54) is 6.08 Å². The van der Waals surface area contributed by atoms with Crippen LogP contribution < -0.4 is 15.4 Å². The standard InChI is InChI=1S/C21H24N2O3/c1-4-19(16-10-12-18(26-3)13-11-16)23-20(24)14-7-15-5-8-17(9-6-15)21(25)22-2/h5-14,19H,4H2,1-3H3,(H,22,25)(H,23,24)/b14-7+. The third-order valence-electron chi connectivity index (χ3n) is 4.07. The highest BCUT2D eigenvalue weighted by atomic mass is 16.5. The molecule has 26 heavy (non-hydrogen) atoms. The quantitative estimate of drug-likeness (QED) is 0.751. The molecular weight excluding hydrogens is 328 g/mol. The fraction of sp³-hybridized carbons (Fsp3) is 0.238. The SMILES string of the molecule is CCC(NC(=O)/C=C/c1ccc(C(=O)NC)cc1)c1ccc(OC)cc1. The molecule has 0 aromatic heterocycles. The second kappa shape index (κ2) is 9.42. The van der Waals surface area contributed by atoms with Gasteiger partial charge in [-0.25, -0.2) is 0 Å². The van der Waals surface area contributed by atoms with Crippen LogP contribution in [0.5, 0.6) is 5.75 Å². The third-order valence-corrected chi connectivity index (χ3v) is 4.07. The number of hydrogen-bond donors (Lipinski definition) is 2. The Morgan fingerprint density at radius 2 is 1.73 bits per heavy atom. The van der Waals surface area contributed by atoms with E-state index in [4.69, 9.17) is 4.74 Å². The monoisotopic (exact) mass is 352 g/mol. The first-order valence-electron chi connectivity index (χ1n) is 8.52. The molecule has 2 aromatic rings. The van der Waals surface area contributed by atoms with Crippen molar-refractivity contribution in [3.63, 3.8) is 0 Å². The Balaban J connectivity index is 1.99.